The van der Waals surface area contributed by atoms with E-state index in [0.29, 0.717) is 10.7 Å². The van der Waals surface area contributed by atoms with Crippen molar-refractivity contribution in [1.82, 2.24) is 14.8 Å². The van der Waals surface area contributed by atoms with Crippen LogP contribution < -0.4 is 0 Å². The molecule has 104 valence electrons. The minimum absolute atomic E-state index is 0.0404. The second-order valence-electron chi connectivity index (χ2n) is 5.11. The van der Waals surface area contributed by atoms with Gasteiger partial charge in [-0.25, -0.2) is 4.98 Å². The van der Waals surface area contributed by atoms with E-state index < -0.39 is 0 Å². The van der Waals surface area contributed by atoms with E-state index >= 15 is 0 Å². The Bertz CT molecular complexity index is 651. The van der Waals surface area contributed by atoms with Crippen LogP contribution in [0.15, 0.2) is 30.3 Å². The molecule has 0 bridgehead atoms. The molecule has 0 unspecified atom stereocenters. The largest absolute Gasteiger partial charge is 0.336 e. The van der Waals surface area contributed by atoms with Gasteiger partial charge in [0.25, 0.3) is 5.91 Å². The van der Waals surface area contributed by atoms with Gasteiger partial charge in [-0.05, 0) is 19.2 Å². The van der Waals surface area contributed by atoms with Crippen LogP contribution in [-0.4, -0.2) is 53.9 Å². The van der Waals surface area contributed by atoms with Gasteiger partial charge in [0.1, 0.15) is 5.15 Å². The summed E-state index contributed by atoms with van der Waals surface area (Å²) >= 11 is 6.04. The Morgan fingerprint density at radius 1 is 1.20 bits per heavy atom. The molecule has 1 aromatic heterocycles. The zero-order valence-electron chi connectivity index (χ0n) is 11.3. The van der Waals surface area contributed by atoms with E-state index in [4.69, 9.17) is 11.6 Å². The quantitative estimate of drug-likeness (QED) is 0.756. The minimum atomic E-state index is 0.0404. The molecule has 0 aliphatic carbocycles. The number of hydrogen-bond donors (Lipinski definition) is 0. The molecule has 1 saturated heterocycles. The fraction of sp³-hybridized carbons (Fsp3) is 0.333. The molecule has 0 N–H and O–H groups in total. The van der Waals surface area contributed by atoms with Crippen LogP contribution in [0, 0.1) is 0 Å². The number of carbonyl (C=O) groups excluding carboxylic acids is 1. The van der Waals surface area contributed by atoms with E-state index in [0.717, 1.165) is 37.1 Å². The van der Waals surface area contributed by atoms with Gasteiger partial charge in [0, 0.05) is 31.6 Å². The number of hydrogen-bond acceptors (Lipinski definition) is 3. The summed E-state index contributed by atoms with van der Waals surface area (Å²) in [6.45, 7) is 3.32. The summed E-state index contributed by atoms with van der Waals surface area (Å²) in [5.41, 5.74) is 1.41. The number of likely N-dealkylation sites (N-methyl/N-ethyl adjacent to an activating group) is 1. The number of amides is 1. The predicted octanol–water partition coefficient (Wildman–Crippen LogP) is 2.28. The Morgan fingerprint density at radius 2 is 1.90 bits per heavy atom. The fourth-order valence-corrected chi connectivity index (χ4v) is 2.70. The molecule has 1 aliphatic rings. The number of carbonyl (C=O) groups is 1. The highest BCUT2D eigenvalue weighted by Crippen LogP contribution is 2.22. The van der Waals surface area contributed by atoms with Gasteiger partial charge in [-0.2, -0.15) is 0 Å². The van der Waals surface area contributed by atoms with Gasteiger partial charge in [-0.15, -0.1) is 0 Å². The van der Waals surface area contributed by atoms with Gasteiger partial charge >= 0.3 is 0 Å². The highest BCUT2D eigenvalue weighted by molar-refractivity contribution is 6.30. The van der Waals surface area contributed by atoms with Crippen LogP contribution in [-0.2, 0) is 0 Å². The highest BCUT2D eigenvalue weighted by atomic mass is 35.5. The molecule has 0 spiro atoms. The molecule has 1 fully saturated rings. The lowest BCUT2D eigenvalue weighted by molar-refractivity contribution is 0.0666. The van der Waals surface area contributed by atoms with Crippen molar-refractivity contribution < 1.29 is 4.79 Å². The monoisotopic (exact) mass is 289 g/mol. The van der Waals surface area contributed by atoms with Crippen LogP contribution >= 0.6 is 11.6 Å². The van der Waals surface area contributed by atoms with E-state index in [1.165, 1.54) is 0 Å². The van der Waals surface area contributed by atoms with Crippen molar-refractivity contribution in [3.8, 4) is 0 Å². The first-order valence-electron chi connectivity index (χ1n) is 6.68. The van der Waals surface area contributed by atoms with Crippen molar-refractivity contribution in [3.05, 3.63) is 41.0 Å². The standard InChI is InChI=1S/C15H16ClN3O/c1-18-6-8-19(9-7-18)15(20)12-10-14(16)17-13-5-3-2-4-11(12)13/h2-5,10H,6-9H2,1H3. The van der Waals surface area contributed by atoms with Gasteiger partial charge in [0.15, 0.2) is 0 Å². The molecule has 0 atom stereocenters. The fourth-order valence-electron chi connectivity index (χ4n) is 2.50. The van der Waals surface area contributed by atoms with E-state index in [2.05, 4.69) is 16.9 Å². The van der Waals surface area contributed by atoms with Crippen molar-refractivity contribution in [3.63, 3.8) is 0 Å². The second-order valence-corrected chi connectivity index (χ2v) is 5.49. The first-order chi connectivity index (χ1) is 9.65. The van der Waals surface area contributed by atoms with E-state index in [-0.39, 0.29) is 5.91 Å². The molecule has 5 heteroatoms. The lowest BCUT2D eigenvalue weighted by Crippen LogP contribution is -2.47. The molecule has 1 aromatic carbocycles. The van der Waals surface area contributed by atoms with E-state index in [9.17, 15) is 4.79 Å². The highest BCUT2D eigenvalue weighted by Gasteiger charge is 2.22. The zero-order valence-corrected chi connectivity index (χ0v) is 12.1. The van der Waals surface area contributed by atoms with Gasteiger partial charge in [0.05, 0.1) is 11.1 Å². The molecule has 1 amide bonds. The second kappa shape index (κ2) is 5.38. The summed E-state index contributed by atoms with van der Waals surface area (Å²) in [4.78, 5) is 21.1. The third-order valence-electron chi connectivity index (χ3n) is 3.71. The van der Waals surface area contributed by atoms with Crippen molar-refractivity contribution in [2.75, 3.05) is 33.2 Å². The molecule has 2 aromatic rings. The van der Waals surface area contributed by atoms with Gasteiger partial charge in [-0.1, -0.05) is 29.8 Å². The minimum Gasteiger partial charge on any atom is -0.336 e. The van der Waals surface area contributed by atoms with Crippen molar-refractivity contribution >= 4 is 28.4 Å². The topological polar surface area (TPSA) is 36.4 Å². The van der Waals surface area contributed by atoms with E-state index in [1.54, 1.807) is 6.07 Å². The predicted molar refractivity (Wildman–Crippen MR) is 80.2 cm³/mol. The Morgan fingerprint density at radius 3 is 2.65 bits per heavy atom. The van der Waals surface area contributed by atoms with Crippen LogP contribution in [0.25, 0.3) is 10.9 Å². The molecule has 1 aliphatic heterocycles. The summed E-state index contributed by atoms with van der Waals surface area (Å²) in [6.07, 6.45) is 0. The Labute approximate surface area is 123 Å². The summed E-state index contributed by atoms with van der Waals surface area (Å²) in [5, 5.41) is 1.22. The molecule has 2 heterocycles. The SMILES string of the molecule is CN1CCN(C(=O)c2cc(Cl)nc3ccccc23)CC1. The smallest absolute Gasteiger partial charge is 0.254 e. The molecule has 20 heavy (non-hydrogen) atoms. The van der Waals surface area contributed by atoms with Gasteiger partial charge < -0.3 is 9.80 Å². The number of aromatic nitrogens is 1. The van der Waals surface area contributed by atoms with Gasteiger partial charge in [-0.3, -0.25) is 4.79 Å². The Balaban J connectivity index is 1.99. The lowest BCUT2D eigenvalue weighted by Gasteiger charge is -2.32. The van der Waals surface area contributed by atoms with Crippen LogP contribution in [0.3, 0.4) is 0 Å². The average Bonchev–Trinajstić information content (AvgIpc) is 2.46. The Hall–Kier alpha value is -1.65. The van der Waals surface area contributed by atoms with Crippen molar-refractivity contribution in [2.45, 2.75) is 0 Å². The molecule has 4 nitrogen and oxygen atoms in total. The number of halogens is 1. The number of rotatable bonds is 1. The maximum Gasteiger partial charge on any atom is 0.254 e. The number of fused-ring (bicyclic) bond motifs is 1. The van der Waals surface area contributed by atoms with E-state index in [1.807, 2.05) is 29.2 Å². The summed E-state index contributed by atoms with van der Waals surface area (Å²) < 4.78 is 0. The van der Waals surface area contributed by atoms with Crippen LogP contribution in [0.2, 0.25) is 5.15 Å². The van der Waals surface area contributed by atoms with Crippen LogP contribution in [0.4, 0.5) is 0 Å². The lowest BCUT2D eigenvalue weighted by atomic mass is 10.1. The van der Waals surface area contributed by atoms with Crippen LogP contribution in [0.5, 0.6) is 0 Å². The molecule has 0 saturated carbocycles. The normalized spacial score (nSPS) is 16.6. The number of piperazine rings is 1. The number of nitrogens with zero attached hydrogens (tertiary/aromatic N) is 3. The number of pyridine rings is 1. The molecular formula is C15H16ClN3O. The number of para-hydroxylation sites is 1. The third-order valence-corrected chi connectivity index (χ3v) is 3.90. The maximum absolute atomic E-state index is 12.7. The molecule has 0 radical (unpaired) electrons. The first-order valence-corrected chi connectivity index (χ1v) is 7.06. The van der Waals surface area contributed by atoms with Crippen LogP contribution in [0.1, 0.15) is 10.4 Å². The first kappa shape index (κ1) is 13.3. The third kappa shape index (κ3) is 2.49. The zero-order chi connectivity index (χ0) is 14.1. The summed E-state index contributed by atoms with van der Waals surface area (Å²) in [6, 6.07) is 9.28. The molecule has 3 rings (SSSR count). The number of benzene rings is 1. The van der Waals surface area contributed by atoms with Crippen molar-refractivity contribution in [2.24, 2.45) is 0 Å². The Kier molecular flexibility index (Phi) is 3.59. The summed E-state index contributed by atoms with van der Waals surface area (Å²) in [7, 11) is 2.07. The summed E-state index contributed by atoms with van der Waals surface area (Å²) in [5.74, 6) is 0.0404. The van der Waals surface area contributed by atoms with Crippen molar-refractivity contribution in [1.29, 1.82) is 0 Å². The average molecular weight is 290 g/mol. The molecular weight excluding hydrogens is 274 g/mol. The maximum atomic E-state index is 12.7. The van der Waals surface area contributed by atoms with Gasteiger partial charge in [0.2, 0.25) is 0 Å².